The average Bonchev–Trinajstić information content (AvgIpc) is 2.43. The fourth-order valence-electron chi connectivity index (χ4n) is 2.11. The fraction of sp³-hybridized carbons (Fsp3) is 0.143. The Morgan fingerprint density at radius 3 is 2.39 bits per heavy atom. The van der Waals surface area contributed by atoms with Gasteiger partial charge in [0.25, 0.3) is 0 Å². The van der Waals surface area contributed by atoms with Gasteiger partial charge in [-0.2, -0.15) is 10.5 Å². The molecule has 4 heteroatoms. The van der Waals surface area contributed by atoms with Crippen LogP contribution in [0.5, 0.6) is 0 Å². The first-order valence-corrected chi connectivity index (χ1v) is 5.57. The molecule has 0 saturated heterocycles. The van der Waals surface area contributed by atoms with E-state index in [1.165, 1.54) is 0 Å². The Morgan fingerprint density at radius 2 is 1.72 bits per heavy atom. The van der Waals surface area contributed by atoms with E-state index in [9.17, 15) is 5.26 Å². The Labute approximate surface area is 104 Å². The van der Waals surface area contributed by atoms with E-state index in [0.29, 0.717) is 11.4 Å². The van der Waals surface area contributed by atoms with Crippen molar-refractivity contribution >= 4 is 17.1 Å². The fourth-order valence-corrected chi connectivity index (χ4v) is 2.11. The van der Waals surface area contributed by atoms with Gasteiger partial charge in [0.1, 0.15) is 5.92 Å². The molecule has 0 amide bonds. The molecule has 3 rings (SSSR count). The van der Waals surface area contributed by atoms with Crippen LogP contribution >= 0.6 is 0 Å². The zero-order valence-corrected chi connectivity index (χ0v) is 9.41. The van der Waals surface area contributed by atoms with E-state index < -0.39 is 11.8 Å². The number of nitriles is 2. The van der Waals surface area contributed by atoms with Crippen molar-refractivity contribution in [1.29, 1.82) is 10.5 Å². The van der Waals surface area contributed by atoms with E-state index in [-0.39, 0.29) is 0 Å². The first kappa shape index (κ1) is 10.4. The van der Waals surface area contributed by atoms with Crippen LogP contribution in [-0.4, -0.2) is 9.97 Å². The highest BCUT2D eigenvalue weighted by Gasteiger charge is 2.28. The second-order valence-corrected chi connectivity index (χ2v) is 4.10. The monoisotopic (exact) mass is 232 g/mol. The molecule has 1 aromatic carbocycles. The molecule has 84 valence electrons. The summed E-state index contributed by atoms with van der Waals surface area (Å²) in [5.74, 6) is -0.981. The zero-order chi connectivity index (χ0) is 12.5. The Hall–Kier alpha value is -2.72. The zero-order valence-electron chi connectivity index (χ0n) is 9.41. The molecule has 1 heterocycles. The number of rotatable bonds is 0. The number of fused-ring (bicyclic) bond motifs is 2. The van der Waals surface area contributed by atoms with E-state index in [1.807, 2.05) is 24.3 Å². The maximum Gasteiger partial charge on any atom is 0.110 e. The molecule has 2 unspecified atom stereocenters. The highest BCUT2D eigenvalue weighted by molar-refractivity contribution is 5.76. The van der Waals surface area contributed by atoms with E-state index >= 15 is 0 Å². The molecule has 1 aromatic heterocycles. The van der Waals surface area contributed by atoms with Gasteiger partial charge in [-0.05, 0) is 18.2 Å². The van der Waals surface area contributed by atoms with Crippen LogP contribution in [0.4, 0.5) is 0 Å². The van der Waals surface area contributed by atoms with Crippen LogP contribution in [0, 0.1) is 28.6 Å². The third kappa shape index (κ3) is 1.44. The van der Waals surface area contributed by atoms with Crippen molar-refractivity contribution in [3.8, 4) is 12.1 Å². The molecular weight excluding hydrogens is 224 g/mol. The predicted octanol–water partition coefficient (Wildman–Crippen LogP) is 2.40. The summed E-state index contributed by atoms with van der Waals surface area (Å²) in [6, 6.07) is 11.8. The predicted molar refractivity (Wildman–Crippen MR) is 66.0 cm³/mol. The van der Waals surface area contributed by atoms with Crippen LogP contribution in [-0.2, 0) is 0 Å². The van der Waals surface area contributed by atoms with E-state index in [4.69, 9.17) is 5.26 Å². The van der Waals surface area contributed by atoms with Crippen molar-refractivity contribution in [2.45, 2.75) is 5.92 Å². The topological polar surface area (TPSA) is 73.4 Å². The average molecular weight is 232 g/mol. The van der Waals surface area contributed by atoms with Crippen molar-refractivity contribution in [1.82, 2.24) is 9.97 Å². The Morgan fingerprint density at radius 1 is 1.00 bits per heavy atom. The SMILES string of the molecule is N#CC1C=Cc2nc3ccccc3nc2C1C#N. The first-order valence-electron chi connectivity index (χ1n) is 5.57. The van der Waals surface area contributed by atoms with Gasteiger partial charge < -0.3 is 0 Å². The normalized spacial score (nSPS) is 21.0. The van der Waals surface area contributed by atoms with Crippen molar-refractivity contribution in [3.63, 3.8) is 0 Å². The summed E-state index contributed by atoms with van der Waals surface area (Å²) in [5.41, 5.74) is 2.84. The summed E-state index contributed by atoms with van der Waals surface area (Å²) in [4.78, 5) is 8.95. The first-order chi connectivity index (χ1) is 8.83. The van der Waals surface area contributed by atoms with Crippen molar-refractivity contribution in [2.75, 3.05) is 0 Å². The summed E-state index contributed by atoms with van der Waals surface area (Å²) in [6.07, 6.45) is 3.50. The molecule has 1 aliphatic carbocycles. The van der Waals surface area contributed by atoms with Crippen LogP contribution in [0.3, 0.4) is 0 Å². The maximum atomic E-state index is 9.21. The van der Waals surface area contributed by atoms with Gasteiger partial charge in [-0.1, -0.05) is 18.2 Å². The largest absolute Gasteiger partial charge is 0.247 e. The van der Waals surface area contributed by atoms with Gasteiger partial charge >= 0.3 is 0 Å². The van der Waals surface area contributed by atoms with Crippen LogP contribution in [0.1, 0.15) is 17.3 Å². The smallest absolute Gasteiger partial charge is 0.110 e. The van der Waals surface area contributed by atoms with E-state index in [2.05, 4.69) is 22.1 Å². The lowest BCUT2D eigenvalue weighted by Gasteiger charge is -2.18. The molecule has 1 aliphatic rings. The lowest BCUT2D eigenvalue weighted by atomic mass is 9.86. The van der Waals surface area contributed by atoms with Gasteiger partial charge in [0.2, 0.25) is 0 Å². The minimum atomic E-state index is -0.535. The van der Waals surface area contributed by atoms with Crippen molar-refractivity contribution in [2.24, 2.45) is 5.92 Å². The highest BCUT2D eigenvalue weighted by atomic mass is 14.8. The summed E-state index contributed by atoms with van der Waals surface area (Å²) in [5, 5.41) is 18.2. The molecule has 2 aromatic rings. The minimum absolute atomic E-state index is 0.446. The second kappa shape index (κ2) is 3.94. The van der Waals surface area contributed by atoms with Crippen LogP contribution < -0.4 is 0 Å². The molecule has 0 aliphatic heterocycles. The minimum Gasteiger partial charge on any atom is -0.247 e. The number of allylic oxidation sites excluding steroid dienone is 1. The standard InChI is InChI=1S/C14H8N4/c15-7-9-5-6-13-14(10(9)8-16)18-12-4-2-1-3-11(12)17-13/h1-6,9-10H. The number of para-hydroxylation sites is 2. The molecule has 0 N–H and O–H groups in total. The van der Waals surface area contributed by atoms with E-state index in [1.54, 1.807) is 12.2 Å². The molecule has 0 bridgehead atoms. The molecular formula is C14H8N4. The molecule has 0 fully saturated rings. The Bertz CT molecular complexity index is 734. The molecule has 0 spiro atoms. The molecule has 0 saturated carbocycles. The van der Waals surface area contributed by atoms with E-state index in [0.717, 1.165) is 11.0 Å². The summed E-state index contributed by atoms with van der Waals surface area (Å²) >= 11 is 0. The highest BCUT2D eigenvalue weighted by Crippen LogP contribution is 2.32. The lowest BCUT2D eigenvalue weighted by molar-refractivity contribution is 0.699. The van der Waals surface area contributed by atoms with Gasteiger partial charge in [-0.3, -0.25) is 0 Å². The van der Waals surface area contributed by atoms with Crippen molar-refractivity contribution < 1.29 is 0 Å². The number of hydrogen-bond donors (Lipinski definition) is 0. The number of nitrogens with zero attached hydrogens (tertiary/aromatic N) is 4. The number of benzene rings is 1. The maximum absolute atomic E-state index is 9.21. The second-order valence-electron chi connectivity index (χ2n) is 4.10. The molecule has 4 nitrogen and oxygen atoms in total. The van der Waals surface area contributed by atoms with Gasteiger partial charge in [-0.25, -0.2) is 9.97 Å². The molecule has 18 heavy (non-hydrogen) atoms. The Kier molecular flexibility index (Phi) is 2.28. The lowest BCUT2D eigenvalue weighted by Crippen LogP contribution is -2.15. The third-order valence-corrected chi connectivity index (χ3v) is 3.03. The third-order valence-electron chi connectivity index (χ3n) is 3.03. The quantitative estimate of drug-likeness (QED) is 0.699. The molecule has 0 radical (unpaired) electrons. The molecule has 2 atom stereocenters. The number of hydrogen-bond acceptors (Lipinski definition) is 4. The summed E-state index contributed by atoms with van der Waals surface area (Å²) in [6.45, 7) is 0. The van der Waals surface area contributed by atoms with Gasteiger partial charge in [0.15, 0.2) is 0 Å². The summed E-state index contributed by atoms with van der Waals surface area (Å²) in [7, 11) is 0. The van der Waals surface area contributed by atoms with Crippen molar-refractivity contribution in [3.05, 3.63) is 41.7 Å². The van der Waals surface area contributed by atoms with Gasteiger partial charge in [0, 0.05) is 0 Å². The van der Waals surface area contributed by atoms with Gasteiger partial charge in [0.05, 0.1) is 40.5 Å². The van der Waals surface area contributed by atoms with Crippen LogP contribution in [0.2, 0.25) is 0 Å². The van der Waals surface area contributed by atoms with Gasteiger partial charge in [-0.15, -0.1) is 0 Å². The van der Waals surface area contributed by atoms with Crippen LogP contribution in [0.15, 0.2) is 30.3 Å². The summed E-state index contributed by atoms with van der Waals surface area (Å²) < 4.78 is 0. The number of aromatic nitrogens is 2. The Balaban J connectivity index is 2.28. The van der Waals surface area contributed by atoms with Crippen LogP contribution in [0.25, 0.3) is 17.1 Å².